The molecule has 0 fully saturated rings. The summed E-state index contributed by atoms with van der Waals surface area (Å²) < 4.78 is 1.68. The van der Waals surface area contributed by atoms with Crippen LogP contribution in [0.1, 0.15) is 25.8 Å². The first-order valence-electron chi connectivity index (χ1n) is 6.56. The molecule has 0 spiro atoms. The molecular formula is C13H22N4O3. The van der Waals surface area contributed by atoms with Crippen LogP contribution in [-0.2, 0) is 18.4 Å². The minimum absolute atomic E-state index is 0.0552. The second kappa shape index (κ2) is 6.93. The highest BCUT2D eigenvalue weighted by Gasteiger charge is 2.23. The van der Waals surface area contributed by atoms with Crippen LogP contribution in [0.5, 0.6) is 0 Å². The van der Waals surface area contributed by atoms with Crippen molar-refractivity contribution < 1.29 is 14.7 Å². The maximum absolute atomic E-state index is 12.3. The van der Waals surface area contributed by atoms with Gasteiger partial charge >= 0.3 is 12.0 Å². The number of urea groups is 1. The molecule has 20 heavy (non-hydrogen) atoms. The lowest BCUT2D eigenvalue weighted by molar-refractivity contribution is -0.138. The van der Waals surface area contributed by atoms with Gasteiger partial charge in [0, 0.05) is 38.4 Å². The van der Waals surface area contributed by atoms with Gasteiger partial charge in [0.25, 0.3) is 0 Å². The third kappa shape index (κ3) is 4.25. The summed E-state index contributed by atoms with van der Waals surface area (Å²) in [7, 11) is 3.52. The van der Waals surface area contributed by atoms with Gasteiger partial charge in [0.1, 0.15) is 0 Å². The minimum atomic E-state index is -0.904. The number of amides is 2. The third-order valence-corrected chi connectivity index (χ3v) is 3.09. The number of aromatic nitrogens is 2. The van der Waals surface area contributed by atoms with E-state index in [1.807, 2.05) is 20.2 Å². The molecule has 0 aromatic carbocycles. The van der Waals surface area contributed by atoms with E-state index < -0.39 is 5.97 Å². The lowest BCUT2D eigenvalue weighted by Crippen LogP contribution is -2.46. The molecule has 0 aliphatic heterocycles. The van der Waals surface area contributed by atoms with Crippen molar-refractivity contribution in [3.8, 4) is 0 Å². The first-order chi connectivity index (χ1) is 9.35. The number of nitrogens with zero attached hydrogens (tertiary/aromatic N) is 4. The summed E-state index contributed by atoms with van der Waals surface area (Å²) in [4.78, 5) is 26.2. The molecule has 0 aliphatic rings. The van der Waals surface area contributed by atoms with Gasteiger partial charge in [-0.05, 0) is 13.8 Å². The molecule has 1 heterocycles. The van der Waals surface area contributed by atoms with E-state index in [1.54, 1.807) is 34.6 Å². The molecule has 0 aliphatic carbocycles. The highest BCUT2D eigenvalue weighted by Crippen LogP contribution is 2.10. The van der Waals surface area contributed by atoms with Crippen molar-refractivity contribution in [3.05, 3.63) is 18.0 Å². The zero-order valence-electron chi connectivity index (χ0n) is 12.4. The Kier molecular flexibility index (Phi) is 5.54. The van der Waals surface area contributed by atoms with Gasteiger partial charge in [-0.25, -0.2) is 4.79 Å². The number of carboxylic acids is 1. The second-order valence-corrected chi connectivity index (χ2v) is 4.89. The fourth-order valence-corrected chi connectivity index (χ4v) is 2.11. The van der Waals surface area contributed by atoms with E-state index in [4.69, 9.17) is 5.11 Å². The number of carbonyl (C=O) groups is 2. The number of hydrogen-bond donors (Lipinski definition) is 1. The van der Waals surface area contributed by atoms with Crippen LogP contribution in [0.3, 0.4) is 0 Å². The van der Waals surface area contributed by atoms with E-state index >= 15 is 0 Å². The maximum atomic E-state index is 12.3. The molecule has 1 N–H and O–H groups in total. The predicted molar refractivity (Wildman–Crippen MR) is 74.2 cm³/mol. The number of carbonyl (C=O) groups excluding carboxylic acids is 1. The Labute approximate surface area is 118 Å². The summed E-state index contributed by atoms with van der Waals surface area (Å²) in [6, 6.07) is -0.508. The summed E-state index contributed by atoms with van der Waals surface area (Å²) in [5, 5.41) is 12.9. The summed E-state index contributed by atoms with van der Waals surface area (Å²) in [6.07, 6.45) is 3.50. The standard InChI is InChI=1S/C13H22N4O3/c1-5-17(10(2)6-12(18)19)13(20)15(3)8-11-7-14-16(4)9-11/h7,9-10H,5-6,8H2,1-4H3,(H,18,19). The minimum Gasteiger partial charge on any atom is -0.481 e. The van der Waals surface area contributed by atoms with E-state index in [0.717, 1.165) is 5.56 Å². The fraction of sp³-hybridized carbons (Fsp3) is 0.615. The fourth-order valence-electron chi connectivity index (χ4n) is 2.11. The molecule has 1 aromatic heterocycles. The largest absolute Gasteiger partial charge is 0.481 e. The Hall–Kier alpha value is -2.05. The van der Waals surface area contributed by atoms with Crippen molar-refractivity contribution in [2.45, 2.75) is 32.9 Å². The molecule has 1 aromatic rings. The number of rotatable bonds is 6. The number of aryl methyl sites for hydroxylation is 1. The molecule has 1 rings (SSSR count). The first-order valence-corrected chi connectivity index (χ1v) is 6.56. The van der Waals surface area contributed by atoms with Crippen molar-refractivity contribution in [3.63, 3.8) is 0 Å². The van der Waals surface area contributed by atoms with Gasteiger partial charge < -0.3 is 14.9 Å². The molecule has 0 radical (unpaired) electrons. The molecule has 1 unspecified atom stereocenters. The van der Waals surface area contributed by atoms with Crippen LogP contribution < -0.4 is 0 Å². The van der Waals surface area contributed by atoms with E-state index in [9.17, 15) is 9.59 Å². The van der Waals surface area contributed by atoms with E-state index in [0.29, 0.717) is 13.1 Å². The Bertz CT molecular complexity index is 472. The van der Waals surface area contributed by atoms with E-state index in [2.05, 4.69) is 5.10 Å². The molecule has 0 saturated carbocycles. The number of hydrogen-bond acceptors (Lipinski definition) is 3. The molecular weight excluding hydrogens is 260 g/mol. The van der Waals surface area contributed by atoms with Crippen LogP contribution in [0.25, 0.3) is 0 Å². The van der Waals surface area contributed by atoms with E-state index in [-0.39, 0.29) is 18.5 Å². The highest BCUT2D eigenvalue weighted by molar-refractivity contribution is 5.75. The third-order valence-electron chi connectivity index (χ3n) is 3.09. The van der Waals surface area contributed by atoms with Crippen LogP contribution in [0.2, 0.25) is 0 Å². The Balaban J connectivity index is 2.67. The van der Waals surface area contributed by atoms with Crippen molar-refractivity contribution in [1.29, 1.82) is 0 Å². The molecule has 112 valence electrons. The Morgan fingerprint density at radius 1 is 1.50 bits per heavy atom. The summed E-state index contributed by atoms with van der Waals surface area (Å²) in [5.41, 5.74) is 0.935. The van der Waals surface area contributed by atoms with Crippen LogP contribution in [0, 0.1) is 0 Å². The van der Waals surface area contributed by atoms with Crippen LogP contribution in [-0.4, -0.2) is 56.3 Å². The van der Waals surface area contributed by atoms with Gasteiger partial charge in [-0.15, -0.1) is 0 Å². The molecule has 7 nitrogen and oxygen atoms in total. The molecule has 0 bridgehead atoms. The lowest BCUT2D eigenvalue weighted by Gasteiger charge is -2.31. The monoisotopic (exact) mass is 282 g/mol. The summed E-state index contributed by atoms with van der Waals surface area (Å²) in [5.74, 6) is -0.904. The average Bonchev–Trinajstić information content (AvgIpc) is 2.74. The highest BCUT2D eigenvalue weighted by atomic mass is 16.4. The topological polar surface area (TPSA) is 78.7 Å². The van der Waals surface area contributed by atoms with Gasteiger partial charge in [0.2, 0.25) is 0 Å². The van der Waals surface area contributed by atoms with Gasteiger partial charge in [-0.3, -0.25) is 9.48 Å². The summed E-state index contributed by atoms with van der Waals surface area (Å²) >= 11 is 0. The quantitative estimate of drug-likeness (QED) is 0.849. The van der Waals surface area contributed by atoms with Gasteiger partial charge in [-0.1, -0.05) is 0 Å². The maximum Gasteiger partial charge on any atom is 0.320 e. The Morgan fingerprint density at radius 3 is 2.60 bits per heavy atom. The SMILES string of the molecule is CCN(C(=O)N(C)Cc1cnn(C)c1)C(C)CC(=O)O. The van der Waals surface area contributed by atoms with E-state index in [1.165, 1.54) is 0 Å². The number of aliphatic carboxylic acids is 1. The van der Waals surface area contributed by atoms with Gasteiger partial charge in [0.15, 0.2) is 0 Å². The Morgan fingerprint density at radius 2 is 2.15 bits per heavy atom. The normalized spacial score (nSPS) is 12.0. The molecule has 1 atom stereocenters. The summed E-state index contributed by atoms with van der Waals surface area (Å²) in [6.45, 7) is 4.51. The van der Waals surface area contributed by atoms with Crippen molar-refractivity contribution in [2.75, 3.05) is 13.6 Å². The molecule has 7 heteroatoms. The van der Waals surface area contributed by atoms with Crippen LogP contribution in [0.15, 0.2) is 12.4 Å². The smallest absolute Gasteiger partial charge is 0.320 e. The van der Waals surface area contributed by atoms with Crippen LogP contribution in [0.4, 0.5) is 4.79 Å². The van der Waals surface area contributed by atoms with Gasteiger partial charge in [0.05, 0.1) is 19.2 Å². The van der Waals surface area contributed by atoms with Crippen molar-refractivity contribution in [1.82, 2.24) is 19.6 Å². The van der Waals surface area contributed by atoms with Gasteiger partial charge in [-0.2, -0.15) is 5.10 Å². The van der Waals surface area contributed by atoms with Crippen LogP contribution >= 0.6 is 0 Å². The number of carboxylic acid groups (broad SMARTS) is 1. The molecule has 2 amide bonds. The average molecular weight is 282 g/mol. The first kappa shape index (κ1) is 16.0. The zero-order valence-corrected chi connectivity index (χ0v) is 12.4. The van der Waals surface area contributed by atoms with Crippen molar-refractivity contribution in [2.24, 2.45) is 7.05 Å². The lowest BCUT2D eigenvalue weighted by atomic mass is 10.2. The second-order valence-electron chi connectivity index (χ2n) is 4.89. The predicted octanol–water partition coefficient (Wildman–Crippen LogP) is 1.16. The zero-order chi connectivity index (χ0) is 15.3. The van der Waals surface area contributed by atoms with Crippen molar-refractivity contribution >= 4 is 12.0 Å². The molecule has 0 saturated heterocycles.